The van der Waals surface area contributed by atoms with E-state index in [1.165, 1.54) is 16.2 Å². The molecule has 0 radical (unpaired) electrons. The molecule has 3 heterocycles. The predicted molar refractivity (Wildman–Crippen MR) is 119 cm³/mol. The number of ether oxygens (including phenoxy) is 1. The first-order chi connectivity index (χ1) is 14.5. The van der Waals surface area contributed by atoms with Crippen molar-refractivity contribution >= 4 is 49.3 Å². The highest BCUT2D eigenvalue weighted by molar-refractivity contribution is 9.10. The van der Waals surface area contributed by atoms with E-state index in [-0.39, 0.29) is 11.2 Å². The minimum Gasteiger partial charge on any atom is -0.496 e. The number of methoxy groups -OCH3 is 1. The quantitative estimate of drug-likeness (QED) is 0.407. The Bertz CT molecular complexity index is 1380. The lowest BCUT2D eigenvalue weighted by Gasteiger charge is -2.24. The van der Waals surface area contributed by atoms with Gasteiger partial charge in [0.05, 0.1) is 23.8 Å². The number of carbonyl (C=O) groups is 1. The van der Waals surface area contributed by atoms with Crippen LogP contribution in [0.3, 0.4) is 0 Å². The fraction of sp³-hybridized carbons (Fsp3) is 0.136. The molecule has 1 unspecified atom stereocenters. The van der Waals surface area contributed by atoms with E-state index in [9.17, 15) is 9.59 Å². The number of aromatic nitrogens is 1. The van der Waals surface area contributed by atoms with Crippen molar-refractivity contribution in [2.45, 2.75) is 13.0 Å². The van der Waals surface area contributed by atoms with Crippen molar-refractivity contribution in [1.82, 2.24) is 4.98 Å². The summed E-state index contributed by atoms with van der Waals surface area (Å²) in [7, 11) is 1.56. The number of carbonyl (C=O) groups excluding carboxylic acids is 1. The van der Waals surface area contributed by atoms with Crippen molar-refractivity contribution in [3.8, 4) is 5.75 Å². The van der Waals surface area contributed by atoms with E-state index in [1.807, 2.05) is 36.6 Å². The maximum Gasteiger partial charge on any atom is 0.297 e. The van der Waals surface area contributed by atoms with Crippen LogP contribution in [0.2, 0.25) is 0 Å². The predicted octanol–water partition coefficient (Wildman–Crippen LogP) is 5.08. The monoisotopic (exact) mass is 482 g/mol. The molecule has 5 rings (SSSR count). The molecule has 1 amide bonds. The zero-order valence-electron chi connectivity index (χ0n) is 16.0. The van der Waals surface area contributed by atoms with Crippen LogP contribution >= 0.6 is 27.3 Å². The molecule has 0 spiro atoms. The van der Waals surface area contributed by atoms with Gasteiger partial charge in [-0.25, -0.2) is 4.98 Å². The van der Waals surface area contributed by atoms with E-state index in [4.69, 9.17) is 9.15 Å². The molecule has 1 aliphatic rings. The molecule has 150 valence electrons. The van der Waals surface area contributed by atoms with Crippen LogP contribution in [0.5, 0.6) is 5.75 Å². The number of rotatable bonds is 3. The number of thiazole rings is 1. The van der Waals surface area contributed by atoms with Crippen LogP contribution in [0, 0.1) is 6.92 Å². The number of fused-ring (bicyclic) bond motifs is 2. The number of anilines is 1. The molecule has 2 aromatic carbocycles. The van der Waals surface area contributed by atoms with Gasteiger partial charge >= 0.3 is 0 Å². The van der Waals surface area contributed by atoms with Crippen LogP contribution in [0.4, 0.5) is 5.13 Å². The van der Waals surface area contributed by atoms with Crippen molar-refractivity contribution in [1.29, 1.82) is 0 Å². The smallest absolute Gasteiger partial charge is 0.297 e. The average molecular weight is 483 g/mol. The minimum absolute atomic E-state index is 0.0404. The van der Waals surface area contributed by atoms with Crippen molar-refractivity contribution < 1.29 is 13.9 Å². The Balaban J connectivity index is 1.86. The Morgan fingerprint density at radius 3 is 2.73 bits per heavy atom. The SMILES string of the molecule is COc1ccccc1C1c2c(oc3ccc(Br)cc3c2=O)C(=O)N1c1nc(C)cs1. The fourth-order valence-corrected chi connectivity index (χ4v) is 4.97. The molecule has 30 heavy (non-hydrogen) atoms. The number of nitrogens with zero attached hydrogens (tertiary/aromatic N) is 2. The summed E-state index contributed by atoms with van der Waals surface area (Å²) in [5.41, 5.74) is 1.91. The number of benzene rings is 2. The van der Waals surface area contributed by atoms with Gasteiger partial charge in [0.15, 0.2) is 10.6 Å². The molecule has 0 saturated carbocycles. The maximum absolute atomic E-state index is 13.6. The normalized spacial score (nSPS) is 15.6. The van der Waals surface area contributed by atoms with E-state index in [1.54, 1.807) is 25.3 Å². The second kappa shape index (κ2) is 7.07. The second-order valence-electron chi connectivity index (χ2n) is 6.91. The van der Waals surface area contributed by atoms with Crippen molar-refractivity contribution in [2.24, 2.45) is 0 Å². The summed E-state index contributed by atoms with van der Waals surface area (Å²) in [6, 6.07) is 11.8. The van der Waals surface area contributed by atoms with Crippen LogP contribution in [0.1, 0.15) is 33.4 Å². The first-order valence-corrected chi connectivity index (χ1v) is 10.8. The highest BCUT2D eigenvalue weighted by Gasteiger charge is 2.45. The van der Waals surface area contributed by atoms with Gasteiger partial charge in [-0.2, -0.15) is 0 Å². The number of hydrogen-bond donors (Lipinski definition) is 0. The number of hydrogen-bond acceptors (Lipinski definition) is 6. The summed E-state index contributed by atoms with van der Waals surface area (Å²) in [6.45, 7) is 1.86. The number of aryl methyl sites for hydroxylation is 1. The van der Waals surface area contributed by atoms with E-state index >= 15 is 0 Å². The fourth-order valence-electron chi connectivity index (χ4n) is 3.78. The molecular formula is C22H15BrN2O4S. The Morgan fingerprint density at radius 1 is 1.20 bits per heavy atom. The van der Waals surface area contributed by atoms with Crippen molar-refractivity contribution in [3.05, 3.63) is 85.1 Å². The second-order valence-corrected chi connectivity index (χ2v) is 8.66. The Kier molecular flexibility index (Phi) is 4.48. The first-order valence-electron chi connectivity index (χ1n) is 9.14. The van der Waals surface area contributed by atoms with Gasteiger partial charge < -0.3 is 9.15 Å². The molecule has 1 atom stereocenters. The van der Waals surface area contributed by atoms with Crippen molar-refractivity contribution in [3.63, 3.8) is 0 Å². The van der Waals surface area contributed by atoms with Crippen LogP contribution in [-0.2, 0) is 0 Å². The molecule has 2 aromatic heterocycles. The van der Waals surface area contributed by atoms with E-state index < -0.39 is 11.9 Å². The molecule has 6 nitrogen and oxygen atoms in total. The van der Waals surface area contributed by atoms with Gasteiger partial charge in [-0.15, -0.1) is 11.3 Å². The Hall–Kier alpha value is -2.97. The zero-order valence-corrected chi connectivity index (χ0v) is 18.4. The molecule has 0 aliphatic carbocycles. The lowest BCUT2D eigenvalue weighted by molar-refractivity contribution is 0.0971. The molecular weight excluding hydrogens is 468 g/mol. The summed E-state index contributed by atoms with van der Waals surface area (Å²) in [5.74, 6) is 0.228. The summed E-state index contributed by atoms with van der Waals surface area (Å²) in [4.78, 5) is 33.1. The number of amides is 1. The standard InChI is InChI=1S/C22H15BrN2O4S/c1-11-10-30-22(24-11)25-18(13-5-3-4-6-15(13)28-2)17-19(26)14-9-12(23)7-8-16(14)29-20(17)21(25)27/h3-10,18H,1-2H3. The van der Waals surface area contributed by atoms with Gasteiger partial charge in [-0.05, 0) is 31.2 Å². The summed E-state index contributed by atoms with van der Waals surface area (Å²) in [5, 5.41) is 2.78. The van der Waals surface area contributed by atoms with E-state index in [0.717, 1.165) is 10.2 Å². The highest BCUT2D eigenvalue weighted by Crippen LogP contribution is 2.44. The molecule has 1 aliphatic heterocycles. The van der Waals surface area contributed by atoms with Gasteiger partial charge in [0.1, 0.15) is 17.4 Å². The molecule has 8 heteroatoms. The van der Waals surface area contributed by atoms with Gasteiger partial charge in [-0.3, -0.25) is 14.5 Å². The summed E-state index contributed by atoms with van der Waals surface area (Å²) >= 11 is 4.75. The van der Waals surface area contributed by atoms with E-state index in [0.29, 0.717) is 33.0 Å². The van der Waals surface area contributed by atoms with E-state index in [2.05, 4.69) is 20.9 Å². The molecule has 0 bridgehead atoms. The van der Waals surface area contributed by atoms with Crippen LogP contribution in [0.25, 0.3) is 11.0 Å². The van der Waals surface area contributed by atoms with Gasteiger partial charge in [-0.1, -0.05) is 34.1 Å². The van der Waals surface area contributed by atoms with Crippen LogP contribution < -0.4 is 15.1 Å². The first kappa shape index (κ1) is 19.0. The highest BCUT2D eigenvalue weighted by atomic mass is 79.9. The average Bonchev–Trinajstić information content (AvgIpc) is 3.29. The topological polar surface area (TPSA) is 72.6 Å². The summed E-state index contributed by atoms with van der Waals surface area (Å²) in [6.07, 6.45) is 0. The summed E-state index contributed by atoms with van der Waals surface area (Å²) < 4.78 is 12.3. The number of halogens is 1. The Morgan fingerprint density at radius 2 is 2.00 bits per heavy atom. The maximum atomic E-state index is 13.6. The molecule has 4 aromatic rings. The van der Waals surface area contributed by atoms with Gasteiger partial charge in [0, 0.05) is 15.4 Å². The van der Waals surface area contributed by atoms with Crippen molar-refractivity contribution in [2.75, 3.05) is 12.0 Å². The molecule has 0 fully saturated rings. The largest absolute Gasteiger partial charge is 0.496 e. The Labute approximate surface area is 183 Å². The lowest BCUT2D eigenvalue weighted by Crippen LogP contribution is -2.29. The number of para-hydroxylation sites is 1. The van der Waals surface area contributed by atoms with Crippen LogP contribution in [0.15, 0.2) is 61.5 Å². The third-order valence-corrected chi connectivity index (χ3v) is 6.53. The van der Waals surface area contributed by atoms with Gasteiger partial charge in [0.2, 0.25) is 5.76 Å². The minimum atomic E-state index is -0.700. The third kappa shape index (κ3) is 2.79. The lowest BCUT2D eigenvalue weighted by atomic mass is 9.98. The molecule has 0 saturated heterocycles. The third-order valence-electron chi connectivity index (χ3n) is 5.08. The van der Waals surface area contributed by atoms with Gasteiger partial charge in [0.25, 0.3) is 5.91 Å². The zero-order chi connectivity index (χ0) is 21.0. The van der Waals surface area contributed by atoms with Crippen LogP contribution in [-0.4, -0.2) is 18.0 Å². The molecule has 0 N–H and O–H groups in total.